The van der Waals surface area contributed by atoms with Crippen molar-refractivity contribution in [2.75, 3.05) is 10.6 Å². The number of benzene rings is 1. The van der Waals surface area contributed by atoms with Crippen LogP contribution < -0.4 is 10.6 Å². The molecule has 0 aliphatic carbocycles. The fourth-order valence-corrected chi connectivity index (χ4v) is 2.90. The molecule has 0 saturated carbocycles. The Bertz CT molecular complexity index is 1280. The van der Waals surface area contributed by atoms with Crippen LogP contribution in [0.15, 0.2) is 55.1 Å². The van der Waals surface area contributed by atoms with E-state index in [1.807, 2.05) is 0 Å². The Morgan fingerprint density at radius 2 is 1.94 bits per heavy atom. The van der Waals surface area contributed by atoms with Crippen molar-refractivity contribution >= 4 is 29.1 Å². The van der Waals surface area contributed by atoms with Gasteiger partial charge in [-0.3, -0.25) is 9.89 Å². The van der Waals surface area contributed by atoms with Gasteiger partial charge in [-0.2, -0.15) is 18.9 Å². The fraction of sp³-hybridized carbons (Fsp3) is 0.100. The van der Waals surface area contributed by atoms with Gasteiger partial charge in [0, 0.05) is 17.3 Å². The van der Waals surface area contributed by atoms with E-state index in [9.17, 15) is 9.18 Å². The minimum absolute atomic E-state index is 0.0577. The zero-order valence-electron chi connectivity index (χ0n) is 16.2. The third-order valence-corrected chi connectivity index (χ3v) is 4.37. The van der Waals surface area contributed by atoms with E-state index in [4.69, 9.17) is 0 Å². The summed E-state index contributed by atoms with van der Waals surface area (Å²) in [4.78, 5) is 19.7. The molecule has 0 radical (unpaired) electrons. The third-order valence-electron chi connectivity index (χ3n) is 4.37. The van der Waals surface area contributed by atoms with E-state index in [0.29, 0.717) is 5.82 Å². The number of alkyl halides is 2. The number of fused-ring (bicyclic) bond motifs is 1. The van der Waals surface area contributed by atoms with Crippen molar-refractivity contribution in [3.63, 3.8) is 0 Å². The number of carbonyl (C=O) groups is 1. The second kappa shape index (κ2) is 7.59. The van der Waals surface area contributed by atoms with Gasteiger partial charge in [-0.15, -0.1) is 0 Å². The SMILES string of the molecule is C=CC(=O)Nc1ccc2nc(C(F)(F)c3ccc(F)cc3)nc(Nc3cc(C)[nH]n3)n12. The van der Waals surface area contributed by atoms with Crippen LogP contribution >= 0.6 is 0 Å². The highest BCUT2D eigenvalue weighted by molar-refractivity contribution is 5.98. The zero-order valence-corrected chi connectivity index (χ0v) is 16.2. The van der Waals surface area contributed by atoms with Crippen molar-refractivity contribution in [1.82, 2.24) is 24.6 Å². The van der Waals surface area contributed by atoms with E-state index < -0.39 is 29.0 Å². The number of halogens is 3. The molecule has 8 nitrogen and oxygen atoms in total. The fourth-order valence-electron chi connectivity index (χ4n) is 2.90. The van der Waals surface area contributed by atoms with Gasteiger partial charge < -0.3 is 10.6 Å². The maximum Gasteiger partial charge on any atom is 0.331 e. The second-order valence-corrected chi connectivity index (χ2v) is 6.62. The predicted molar refractivity (Wildman–Crippen MR) is 108 cm³/mol. The smallest absolute Gasteiger partial charge is 0.308 e. The molecule has 0 unspecified atom stereocenters. The molecule has 1 amide bonds. The summed E-state index contributed by atoms with van der Waals surface area (Å²) in [5.74, 6) is -5.04. The quantitative estimate of drug-likeness (QED) is 0.405. The van der Waals surface area contributed by atoms with Gasteiger partial charge >= 0.3 is 5.92 Å². The zero-order chi connectivity index (χ0) is 22.2. The average molecular weight is 427 g/mol. The van der Waals surface area contributed by atoms with Gasteiger partial charge in [0.25, 0.3) is 0 Å². The first-order chi connectivity index (χ1) is 14.8. The summed E-state index contributed by atoms with van der Waals surface area (Å²) in [6.45, 7) is 5.16. The average Bonchev–Trinajstić information content (AvgIpc) is 3.34. The Labute approximate surface area is 173 Å². The first kappa shape index (κ1) is 20.1. The molecule has 0 aliphatic heterocycles. The lowest BCUT2D eigenvalue weighted by Crippen LogP contribution is -2.22. The van der Waals surface area contributed by atoms with Gasteiger partial charge in [0.1, 0.15) is 17.3 Å². The molecule has 0 saturated heterocycles. The van der Waals surface area contributed by atoms with Crippen molar-refractivity contribution in [1.29, 1.82) is 0 Å². The van der Waals surface area contributed by atoms with Crippen molar-refractivity contribution in [3.05, 3.63) is 78.0 Å². The van der Waals surface area contributed by atoms with Crippen molar-refractivity contribution in [2.24, 2.45) is 0 Å². The molecule has 0 spiro atoms. The summed E-state index contributed by atoms with van der Waals surface area (Å²) < 4.78 is 44.9. The Kier molecular flexibility index (Phi) is 4.93. The largest absolute Gasteiger partial charge is 0.331 e. The van der Waals surface area contributed by atoms with Crippen molar-refractivity contribution < 1.29 is 18.0 Å². The number of nitrogens with one attached hydrogen (secondary N) is 3. The van der Waals surface area contributed by atoms with Crippen LogP contribution in [-0.4, -0.2) is 30.5 Å². The Hall–Kier alpha value is -4.15. The molecule has 3 N–H and O–H groups in total. The third kappa shape index (κ3) is 3.84. The van der Waals surface area contributed by atoms with E-state index in [-0.39, 0.29) is 17.4 Å². The summed E-state index contributed by atoms with van der Waals surface area (Å²) in [6.07, 6.45) is 1.07. The first-order valence-corrected chi connectivity index (χ1v) is 9.04. The molecule has 1 aromatic carbocycles. The molecule has 0 atom stereocenters. The Morgan fingerprint density at radius 1 is 1.19 bits per heavy atom. The summed E-state index contributed by atoms with van der Waals surface area (Å²) >= 11 is 0. The summed E-state index contributed by atoms with van der Waals surface area (Å²) in [5.41, 5.74) is 0.366. The maximum absolute atomic E-state index is 15.2. The number of rotatable bonds is 6. The predicted octanol–water partition coefficient (Wildman–Crippen LogP) is 3.91. The molecule has 3 heterocycles. The Morgan fingerprint density at radius 3 is 2.58 bits per heavy atom. The van der Waals surface area contributed by atoms with Crippen LogP contribution in [0.4, 0.5) is 30.8 Å². The molecule has 31 heavy (non-hydrogen) atoms. The molecular formula is C20H16F3N7O. The summed E-state index contributed by atoms with van der Waals surface area (Å²) in [6, 6.07) is 8.41. The number of carbonyl (C=O) groups excluding carboxylic acids is 1. The van der Waals surface area contributed by atoms with Gasteiger partial charge in [-0.1, -0.05) is 6.58 Å². The van der Waals surface area contributed by atoms with E-state index >= 15 is 8.78 Å². The molecule has 0 bridgehead atoms. The molecule has 11 heteroatoms. The van der Waals surface area contributed by atoms with Gasteiger partial charge in [-0.05, 0) is 49.4 Å². The molecule has 158 valence electrons. The second-order valence-electron chi connectivity index (χ2n) is 6.62. The normalized spacial score (nSPS) is 11.5. The van der Waals surface area contributed by atoms with Crippen LogP contribution in [0, 0.1) is 12.7 Å². The number of aromatic nitrogens is 5. The summed E-state index contributed by atoms with van der Waals surface area (Å²) in [7, 11) is 0. The molecule has 4 rings (SSSR count). The van der Waals surface area contributed by atoms with E-state index in [1.54, 1.807) is 13.0 Å². The number of aromatic amines is 1. The van der Waals surface area contributed by atoms with Crippen LogP contribution in [0.5, 0.6) is 0 Å². The van der Waals surface area contributed by atoms with Crippen LogP contribution in [0.25, 0.3) is 5.65 Å². The van der Waals surface area contributed by atoms with E-state index in [1.165, 1.54) is 16.5 Å². The minimum Gasteiger partial charge on any atom is -0.308 e. The Balaban J connectivity index is 1.86. The number of nitrogens with zero attached hydrogens (tertiary/aromatic N) is 4. The first-order valence-electron chi connectivity index (χ1n) is 9.04. The topological polar surface area (TPSA) is 100 Å². The number of aryl methyl sites for hydroxylation is 1. The molecular weight excluding hydrogens is 411 g/mol. The number of H-pyrrole nitrogens is 1. The summed E-state index contributed by atoms with van der Waals surface area (Å²) in [5, 5.41) is 12.2. The number of hydrogen-bond acceptors (Lipinski definition) is 5. The van der Waals surface area contributed by atoms with Crippen LogP contribution in [0.1, 0.15) is 17.1 Å². The van der Waals surface area contributed by atoms with E-state index in [2.05, 4.69) is 37.4 Å². The van der Waals surface area contributed by atoms with E-state index in [0.717, 1.165) is 36.0 Å². The standard InChI is InChI=1S/C20H16F3N7O/c1-3-17(31)25-15-8-9-16-26-18(20(22,23)12-4-6-13(21)7-5-12)27-19(30(15)16)24-14-10-11(2)28-29-14/h3-10H,1H2,2H3,(H,25,31)(H2,24,26,27,28,29). The van der Waals surface area contributed by atoms with Crippen molar-refractivity contribution in [3.8, 4) is 0 Å². The number of anilines is 3. The minimum atomic E-state index is -3.61. The monoisotopic (exact) mass is 427 g/mol. The highest BCUT2D eigenvalue weighted by Crippen LogP contribution is 2.35. The number of amides is 1. The van der Waals surface area contributed by atoms with Gasteiger partial charge in [-0.25, -0.2) is 13.8 Å². The van der Waals surface area contributed by atoms with Crippen LogP contribution in [0.3, 0.4) is 0 Å². The van der Waals surface area contributed by atoms with Crippen LogP contribution in [-0.2, 0) is 10.7 Å². The highest BCUT2D eigenvalue weighted by Gasteiger charge is 2.38. The van der Waals surface area contributed by atoms with Gasteiger partial charge in [0.2, 0.25) is 17.7 Å². The van der Waals surface area contributed by atoms with Crippen LogP contribution in [0.2, 0.25) is 0 Å². The molecule has 0 aliphatic rings. The highest BCUT2D eigenvalue weighted by atomic mass is 19.3. The molecule has 4 aromatic rings. The lowest BCUT2D eigenvalue weighted by atomic mass is 10.1. The van der Waals surface area contributed by atoms with Gasteiger partial charge in [0.05, 0.1) is 0 Å². The number of hydrogen-bond donors (Lipinski definition) is 3. The molecule has 0 fully saturated rings. The van der Waals surface area contributed by atoms with Crippen molar-refractivity contribution in [2.45, 2.75) is 12.8 Å². The lowest BCUT2D eigenvalue weighted by molar-refractivity contribution is -0.111. The van der Waals surface area contributed by atoms with Gasteiger partial charge in [0.15, 0.2) is 5.82 Å². The maximum atomic E-state index is 15.2. The molecule has 3 aromatic heterocycles. The lowest BCUT2D eigenvalue weighted by Gasteiger charge is -2.18.